The fourth-order valence-corrected chi connectivity index (χ4v) is 3.32. The van der Waals surface area contributed by atoms with Crippen LogP contribution in [0.15, 0.2) is 54.6 Å². The number of hydrogen-bond acceptors (Lipinski definition) is 4. The second kappa shape index (κ2) is 10.9. The number of carbonyl (C=O) groups excluding carboxylic acids is 2. The first-order chi connectivity index (χ1) is 16.5. The van der Waals surface area contributed by atoms with E-state index in [0.29, 0.717) is 23.6 Å². The lowest BCUT2D eigenvalue weighted by atomic mass is 9.92. The number of anilines is 3. The summed E-state index contributed by atoms with van der Waals surface area (Å²) >= 11 is 0. The number of urea groups is 1. The van der Waals surface area contributed by atoms with Gasteiger partial charge in [-0.25, -0.2) is 4.79 Å². The van der Waals surface area contributed by atoms with Crippen molar-refractivity contribution in [3.05, 3.63) is 71.4 Å². The van der Waals surface area contributed by atoms with E-state index in [9.17, 15) is 14.4 Å². The number of nitrogens with one attached hydrogen (secondary N) is 3. The number of rotatable bonds is 8. The lowest BCUT2D eigenvalue weighted by Gasteiger charge is -2.13. The maximum absolute atomic E-state index is 12.4. The van der Waals surface area contributed by atoms with E-state index in [1.807, 2.05) is 42.5 Å². The Labute approximate surface area is 204 Å². The Bertz CT molecular complexity index is 1190. The van der Waals surface area contributed by atoms with Gasteiger partial charge in [0.25, 0.3) is 0 Å². The highest BCUT2D eigenvalue weighted by molar-refractivity contribution is 5.99. The molecule has 0 saturated heterocycles. The summed E-state index contributed by atoms with van der Waals surface area (Å²) in [4.78, 5) is 34.7. The molecule has 0 bridgehead atoms. The normalized spacial score (nSPS) is 11.1. The fraction of sp³-hybridized carbons (Fsp3) is 0.308. The number of aliphatic carboxylic acids is 1. The van der Waals surface area contributed by atoms with Crippen LogP contribution in [0.2, 0.25) is 0 Å². The molecule has 184 valence electrons. The van der Waals surface area contributed by atoms with Gasteiger partial charge in [0.1, 0.15) is 5.82 Å². The third-order valence-corrected chi connectivity index (χ3v) is 5.31. The number of carboxylic acids is 1. The van der Waals surface area contributed by atoms with Crippen molar-refractivity contribution in [3.63, 3.8) is 0 Å². The highest BCUT2D eigenvalue weighted by Crippen LogP contribution is 2.23. The molecule has 0 atom stereocenters. The van der Waals surface area contributed by atoms with Crippen molar-refractivity contribution in [2.75, 3.05) is 16.0 Å². The predicted octanol–water partition coefficient (Wildman–Crippen LogP) is 4.76. The van der Waals surface area contributed by atoms with Crippen molar-refractivity contribution in [1.82, 2.24) is 9.78 Å². The average Bonchev–Trinajstić information content (AvgIpc) is 3.15. The molecule has 3 aromatic rings. The number of carboxylic acid groups (broad SMARTS) is 1. The van der Waals surface area contributed by atoms with Crippen molar-refractivity contribution in [3.8, 4) is 0 Å². The maximum Gasteiger partial charge on any atom is 0.324 e. The minimum Gasteiger partial charge on any atom is -0.481 e. The molecule has 4 N–H and O–H groups in total. The first kappa shape index (κ1) is 25.5. The molecule has 1 aromatic heterocycles. The van der Waals surface area contributed by atoms with Crippen molar-refractivity contribution in [2.24, 2.45) is 7.05 Å². The van der Waals surface area contributed by atoms with Crippen LogP contribution in [0.4, 0.5) is 22.0 Å². The molecule has 3 amide bonds. The molecule has 0 aliphatic carbocycles. The summed E-state index contributed by atoms with van der Waals surface area (Å²) in [5, 5.41) is 21.5. The van der Waals surface area contributed by atoms with E-state index in [-0.39, 0.29) is 30.2 Å². The molecule has 0 aliphatic heterocycles. The first-order valence-corrected chi connectivity index (χ1v) is 11.3. The minimum atomic E-state index is -1.000. The zero-order valence-electron chi connectivity index (χ0n) is 20.4. The van der Waals surface area contributed by atoms with Crippen LogP contribution in [-0.2, 0) is 28.5 Å². The standard InChI is InChI=1S/C26H31N5O4/c1-26(2,3)21-16-22(31(4)30-21)29-25(35)28-20-11-7-18(8-12-20)15-17-5-9-19(10-6-17)27-23(32)13-14-24(33)34/h5-12,16H,13-15H2,1-4H3,(H,27,32)(H,33,34)(H2,28,29,35). The monoisotopic (exact) mass is 477 g/mol. The number of aryl methyl sites for hydroxylation is 1. The highest BCUT2D eigenvalue weighted by Gasteiger charge is 2.19. The van der Waals surface area contributed by atoms with Gasteiger partial charge in [-0.3, -0.25) is 19.6 Å². The molecular weight excluding hydrogens is 446 g/mol. The Morgan fingerprint density at radius 1 is 0.857 bits per heavy atom. The smallest absolute Gasteiger partial charge is 0.324 e. The second-order valence-corrected chi connectivity index (χ2v) is 9.38. The number of hydrogen-bond donors (Lipinski definition) is 4. The van der Waals surface area contributed by atoms with Gasteiger partial charge < -0.3 is 15.7 Å². The van der Waals surface area contributed by atoms with Gasteiger partial charge in [-0.05, 0) is 41.8 Å². The van der Waals surface area contributed by atoms with Crippen LogP contribution in [0.3, 0.4) is 0 Å². The molecule has 0 fully saturated rings. The zero-order valence-corrected chi connectivity index (χ0v) is 20.4. The third-order valence-electron chi connectivity index (χ3n) is 5.31. The molecule has 1 heterocycles. The summed E-state index contributed by atoms with van der Waals surface area (Å²) in [6.07, 6.45) is 0.428. The van der Waals surface area contributed by atoms with Gasteiger partial charge in [-0.1, -0.05) is 45.0 Å². The van der Waals surface area contributed by atoms with E-state index in [1.165, 1.54) is 0 Å². The van der Waals surface area contributed by atoms with E-state index in [0.717, 1.165) is 16.8 Å². The Kier molecular flexibility index (Phi) is 7.91. The summed E-state index contributed by atoms with van der Waals surface area (Å²) in [7, 11) is 1.79. The summed E-state index contributed by atoms with van der Waals surface area (Å²) in [5.74, 6) is -0.712. The molecule has 0 saturated carbocycles. The fourth-order valence-electron chi connectivity index (χ4n) is 3.32. The van der Waals surface area contributed by atoms with Crippen molar-refractivity contribution < 1.29 is 19.5 Å². The molecule has 0 unspecified atom stereocenters. The SMILES string of the molecule is Cn1nc(C(C)(C)C)cc1NC(=O)Nc1ccc(Cc2ccc(NC(=O)CCC(=O)O)cc2)cc1. The van der Waals surface area contributed by atoms with Crippen LogP contribution in [0.1, 0.15) is 50.4 Å². The van der Waals surface area contributed by atoms with Gasteiger partial charge in [0.05, 0.1) is 12.1 Å². The van der Waals surface area contributed by atoms with Gasteiger partial charge in [-0.2, -0.15) is 5.10 Å². The molecular formula is C26H31N5O4. The lowest BCUT2D eigenvalue weighted by molar-refractivity contribution is -0.138. The van der Waals surface area contributed by atoms with Crippen LogP contribution in [0, 0.1) is 0 Å². The maximum atomic E-state index is 12.4. The summed E-state index contributed by atoms with van der Waals surface area (Å²) < 4.78 is 1.65. The highest BCUT2D eigenvalue weighted by atomic mass is 16.4. The van der Waals surface area contributed by atoms with E-state index >= 15 is 0 Å². The minimum absolute atomic E-state index is 0.0600. The number of aromatic nitrogens is 2. The molecule has 35 heavy (non-hydrogen) atoms. The summed E-state index contributed by atoms with van der Waals surface area (Å²) in [6.45, 7) is 6.20. The number of amides is 3. The van der Waals surface area contributed by atoms with Crippen molar-refractivity contribution in [1.29, 1.82) is 0 Å². The second-order valence-electron chi connectivity index (χ2n) is 9.38. The van der Waals surface area contributed by atoms with E-state index in [1.54, 1.807) is 23.9 Å². The van der Waals surface area contributed by atoms with Crippen LogP contribution >= 0.6 is 0 Å². The molecule has 0 radical (unpaired) electrons. The summed E-state index contributed by atoms with van der Waals surface area (Å²) in [5.41, 5.74) is 4.20. The third kappa shape index (κ3) is 7.70. The number of carbonyl (C=O) groups is 3. The predicted molar refractivity (Wildman–Crippen MR) is 136 cm³/mol. The van der Waals surface area contributed by atoms with Crippen LogP contribution in [0.5, 0.6) is 0 Å². The van der Waals surface area contributed by atoms with E-state index in [2.05, 4.69) is 41.8 Å². The summed E-state index contributed by atoms with van der Waals surface area (Å²) in [6, 6.07) is 16.5. The van der Waals surface area contributed by atoms with Gasteiger partial charge in [0.15, 0.2) is 0 Å². The Morgan fingerprint density at radius 3 is 1.89 bits per heavy atom. The molecule has 9 heteroatoms. The molecule has 2 aromatic carbocycles. The Balaban J connectivity index is 1.52. The molecule has 9 nitrogen and oxygen atoms in total. The number of benzene rings is 2. The van der Waals surface area contributed by atoms with Crippen LogP contribution < -0.4 is 16.0 Å². The van der Waals surface area contributed by atoms with Crippen LogP contribution in [0.25, 0.3) is 0 Å². The van der Waals surface area contributed by atoms with Gasteiger partial charge in [0, 0.05) is 36.3 Å². The first-order valence-electron chi connectivity index (χ1n) is 11.3. The number of nitrogens with zero attached hydrogens (tertiary/aromatic N) is 2. The van der Waals surface area contributed by atoms with Crippen LogP contribution in [-0.4, -0.2) is 32.8 Å². The molecule has 0 aliphatic rings. The van der Waals surface area contributed by atoms with Crippen molar-refractivity contribution in [2.45, 2.75) is 45.4 Å². The topological polar surface area (TPSA) is 125 Å². The molecule has 0 spiro atoms. The van der Waals surface area contributed by atoms with E-state index < -0.39 is 5.97 Å². The van der Waals surface area contributed by atoms with Crippen molar-refractivity contribution >= 4 is 35.1 Å². The molecule has 3 rings (SSSR count). The Hall–Kier alpha value is -4.14. The largest absolute Gasteiger partial charge is 0.481 e. The Morgan fingerprint density at radius 2 is 1.40 bits per heavy atom. The zero-order chi connectivity index (χ0) is 25.6. The van der Waals surface area contributed by atoms with Gasteiger partial charge in [0.2, 0.25) is 5.91 Å². The quantitative estimate of drug-likeness (QED) is 0.372. The van der Waals surface area contributed by atoms with E-state index in [4.69, 9.17) is 5.11 Å². The van der Waals surface area contributed by atoms with Gasteiger partial charge in [-0.15, -0.1) is 0 Å². The van der Waals surface area contributed by atoms with Gasteiger partial charge >= 0.3 is 12.0 Å². The lowest BCUT2D eigenvalue weighted by Crippen LogP contribution is -2.21. The average molecular weight is 478 g/mol.